The van der Waals surface area contributed by atoms with E-state index >= 15 is 0 Å². The monoisotopic (exact) mass is 415 g/mol. The highest BCUT2D eigenvalue weighted by Gasteiger charge is 2.12. The number of ether oxygens (including phenoxy) is 2. The van der Waals surface area contributed by atoms with Gasteiger partial charge in [-0.2, -0.15) is 0 Å². The van der Waals surface area contributed by atoms with Crippen molar-refractivity contribution in [2.45, 2.75) is 13.2 Å². The van der Waals surface area contributed by atoms with Crippen LogP contribution in [-0.4, -0.2) is 13.0 Å². The summed E-state index contributed by atoms with van der Waals surface area (Å²) in [4.78, 5) is 12.5. The number of methoxy groups -OCH3 is 1. The van der Waals surface area contributed by atoms with Crippen LogP contribution in [0, 0.1) is 0 Å². The SMILES string of the molecule is COc1ccc(C(=O)NCc2ccccc2Cl)cc1COc1cccc(Cl)c1. The number of carbonyl (C=O) groups excluding carboxylic acids is 1. The van der Waals surface area contributed by atoms with Crippen LogP contribution in [0.4, 0.5) is 0 Å². The van der Waals surface area contributed by atoms with Crippen LogP contribution in [0.2, 0.25) is 10.0 Å². The molecule has 3 rings (SSSR count). The molecule has 0 heterocycles. The Morgan fingerprint density at radius 1 is 0.964 bits per heavy atom. The molecule has 6 heteroatoms. The van der Waals surface area contributed by atoms with Crippen LogP contribution in [-0.2, 0) is 13.2 Å². The van der Waals surface area contributed by atoms with E-state index in [0.717, 1.165) is 11.1 Å². The van der Waals surface area contributed by atoms with E-state index in [1.54, 1.807) is 43.5 Å². The Labute approximate surface area is 174 Å². The first-order chi connectivity index (χ1) is 13.6. The molecule has 0 fully saturated rings. The first-order valence-corrected chi connectivity index (χ1v) is 9.39. The van der Waals surface area contributed by atoms with Crippen LogP contribution >= 0.6 is 23.2 Å². The van der Waals surface area contributed by atoms with E-state index in [9.17, 15) is 4.79 Å². The van der Waals surface area contributed by atoms with Gasteiger partial charge in [-0.15, -0.1) is 0 Å². The van der Waals surface area contributed by atoms with Gasteiger partial charge in [-0.1, -0.05) is 47.5 Å². The number of hydrogen-bond donors (Lipinski definition) is 1. The van der Waals surface area contributed by atoms with Gasteiger partial charge in [-0.05, 0) is 48.0 Å². The van der Waals surface area contributed by atoms with Crippen LogP contribution in [0.3, 0.4) is 0 Å². The van der Waals surface area contributed by atoms with Crippen molar-refractivity contribution in [2.75, 3.05) is 7.11 Å². The number of hydrogen-bond acceptors (Lipinski definition) is 3. The molecule has 3 aromatic carbocycles. The predicted molar refractivity (Wildman–Crippen MR) is 111 cm³/mol. The van der Waals surface area contributed by atoms with Crippen molar-refractivity contribution in [3.8, 4) is 11.5 Å². The van der Waals surface area contributed by atoms with Crippen molar-refractivity contribution < 1.29 is 14.3 Å². The van der Waals surface area contributed by atoms with E-state index in [-0.39, 0.29) is 12.5 Å². The van der Waals surface area contributed by atoms with Crippen molar-refractivity contribution >= 4 is 29.1 Å². The van der Waals surface area contributed by atoms with E-state index in [1.165, 1.54) is 0 Å². The molecule has 3 aromatic rings. The van der Waals surface area contributed by atoms with Crippen LogP contribution in [0.25, 0.3) is 0 Å². The molecule has 4 nitrogen and oxygen atoms in total. The maximum absolute atomic E-state index is 12.5. The number of nitrogens with one attached hydrogen (secondary N) is 1. The lowest BCUT2D eigenvalue weighted by Gasteiger charge is -2.13. The van der Waals surface area contributed by atoms with E-state index in [4.69, 9.17) is 32.7 Å². The highest BCUT2D eigenvalue weighted by Crippen LogP contribution is 2.24. The molecule has 0 aromatic heterocycles. The van der Waals surface area contributed by atoms with Gasteiger partial charge in [-0.3, -0.25) is 4.79 Å². The van der Waals surface area contributed by atoms with E-state index in [0.29, 0.717) is 33.7 Å². The molecule has 1 amide bonds. The molecule has 0 saturated heterocycles. The lowest BCUT2D eigenvalue weighted by molar-refractivity contribution is 0.0950. The first-order valence-electron chi connectivity index (χ1n) is 8.63. The van der Waals surface area contributed by atoms with Crippen molar-refractivity contribution in [3.05, 3.63) is 93.5 Å². The van der Waals surface area contributed by atoms with Crippen LogP contribution < -0.4 is 14.8 Å². The predicted octanol–water partition coefficient (Wildman–Crippen LogP) is 5.51. The summed E-state index contributed by atoms with van der Waals surface area (Å²) < 4.78 is 11.2. The summed E-state index contributed by atoms with van der Waals surface area (Å²) in [5.41, 5.74) is 2.13. The molecule has 0 bridgehead atoms. The average molecular weight is 416 g/mol. The number of benzene rings is 3. The maximum Gasteiger partial charge on any atom is 0.251 e. The summed E-state index contributed by atoms with van der Waals surface area (Å²) >= 11 is 12.1. The topological polar surface area (TPSA) is 47.6 Å². The Hall–Kier alpha value is -2.69. The zero-order chi connectivity index (χ0) is 19.9. The fourth-order valence-corrected chi connectivity index (χ4v) is 3.05. The molecule has 0 aliphatic rings. The van der Waals surface area contributed by atoms with E-state index in [2.05, 4.69) is 5.32 Å². The Balaban J connectivity index is 1.70. The normalized spacial score (nSPS) is 10.4. The van der Waals surface area contributed by atoms with Gasteiger partial charge in [0.1, 0.15) is 18.1 Å². The number of carbonyl (C=O) groups is 1. The van der Waals surface area contributed by atoms with E-state index < -0.39 is 0 Å². The third-order valence-electron chi connectivity index (χ3n) is 4.13. The summed E-state index contributed by atoms with van der Waals surface area (Å²) in [6.45, 7) is 0.591. The van der Waals surface area contributed by atoms with Crippen molar-refractivity contribution in [2.24, 2.45) is 0 Å². The molecule has 0 aliphatic heterocycles. The molecular weight excluding hydrogens is 397 g/mol. The molecule has 144 valence electrons. The van der Waals surface area contributed by atoms with E-state index in [1.807, 2.05) is 30.3 Å². The highest BCUT2D eigenvalue weighted by atomic mass is 35.5. The fraction of sp³-hybridized carbons (Fsp3) is 0.136. The van der Waals surface area contributed by atoms with Crippen molar-refractivity contribution in [1.82, 2.24) is 5.32 Å². The minimum Gasteiger partial charge on any atom is -0.496 e. The fourth-order valence-electron chi connectivity index (χ4n) is 2.67. The standard InChI is InChI=1S/C22H19Cl2NO3/c1-27-21-10-9-15(22(26)25-13-16-5-2-3-8-20(16)24)11-17(21)14-28-19-7-4-6-18(23)12-19/h2-12H,13-14H2,1H3,(H,25,26). The minimum atomic E-state index is -0.202. The second kappa shape index (κ2) is 9.49. The average Bonchev–Trinajstić information content (AvgIpc) is 2.71. The summed E-state index contributed by atoms with van der Waals surface area (Å²) in [7, 11) is 1.58. The van der Waals surface area contributed by atoms with Crippen molar-refractivity contribution in [1.29, 1.82) is 0 Å². The Morgan fingerprint density at radius 3 is 2.54 bits per heavy atom. The Kier molecular flexibility index (Phi) is 6.80. The molecule has 0 aliphatic carbocycles. The largest absolute Gasteiger partial charge is 0.496 e. The van der Waals surface area contributed by atoms with Crippen molar-refractivity contribution in [3.63, 3.8) is 0 Å². The zero-order valence-electron chi connectivity index (χ0n) is 15.2. The lowest BCUT2D eigenvalue weighted by atomic mass is 10.1. The molecule has 0 unspecified atom stereocenters. The van der Waals surface area contributed by atoms with Gasteiger partial charge >= 0.3 is 0 Å². The third-order valence-corrected chi connectivity index (χ3v) is 4.73. The second-order valence-corrected chi connectivity index (χ2v) is 6.89. The summed E-state index contributed by atoms with van der Waals surface area (Å²) in [6, 6.07) is 19.8. The quantitative estimate of drug-likeness (QED) is 0.553. The summed E-state index contributed by atoms with van der Waals surface area (Å²) in [5.74, 6) is 1.08. The maximum atomic E-state index is 12.5. The van der Waals surface area contributed by atoms with Gasteiger partial charge in [-0.25, -0.2) is 0 Å². The molecular formula is C22H19Cl2NO3. The molecule has 0 saturated carbocycles. The Bertz CT molecular complexity index is 976. The number of halogens is 2. The minimum absolute atomic E-state index is 0.202. The molecule has 0 radical (unpaired) electrons. The lowest BCUT2D eigenvalue weighted by Crippen LogP contribution is -2.23. The zero-order valence-corrected chi connectivity index (χ0v) is 16.8. The van der Waals surface area contributed by atoms with Gasteiger partial charge in [0, 0.05) is 27.7 Å². The molecule has 28 heavy (non-hydrogen) atoms. The molecule has 0 atom stereocenters. The van der Waals surface area contributed by atoms with Gasteiger partial charge in [0.15, 0.2) is 0 Å². The molecule has 1 N–H and O–H groups in total. The van der Waals surface area contributed by atoms with Gasteiger partial charge < -0.3 is 14.8 Å². The second-order valence-electron chi connectivity index (χ2n) is 6.05. The first kappa shape index (κ1) is 20.1. The Morgan fingerprint density at radius 2 is 1.79 bits per heavy atom. The number of rotatable bonds is 7. The summed E-state index contributed by atoms with van der Waals surface area (Å²) in [5, 5.41) is 4.09. The summed E-state index contributed by atoms with van der Waals surface area (Å²) in [6.07, 6.45) is 0. The highest BCUT2D eigenvalue weighted by molar-refractivity contribution is 6.31. The number of amides is 1. The van der Waals surface area contributed by atoms with Crippen LogP contribution in [0.15, 0.2) is 66.7 Å². The third kappa shape index (κ3) is 5.18. The van der Waals surface area contributed by atoms with Crippen LogP contribution in [0.1, 0.15) is 21.5 Å². The van der Waals surface area contributed by atoms with Crippen LogP contribution in [0.5, 0.6) is 11.5 Å². The van der Waals surface area contributed by atoms with Gasteiger partial charge in [0.2, 0.25) is 0 Å². The van der Waals surface area contributed by atoms with Gasteiger partial charge in [0.25, 0.3) is 5.91 Å². The molecule has 0 spiro atoms. The van der Waals surface area contributed by atoms with Gasteiger partial charge in [0.05, 0.1) is 7.11 Å². The smallest absolute Gasteiger partial charge is 0.251 e.